The van der Waals surface area contributed by atoms with Gasteiger partial charge in [-0.05, 0) is 56.4 Å². The molecule has 1 aromatic rings. The van der Waals surface area contributed by atoms with Crippen molar-refractivity contribution in [2.45, 2.75) is 58.0 Å². The zero-order chi connectivity index (χ0) is 20.1. The smallest absolute Gasteiger partial charge is 0.253 e. The van der Waals surface area contributed by atoms with Gasteiger partial charge in [0.1, 0.15) is 5.82 Å². The van der Waals surface area contributed by atoms with Crippen molar-refractivity contribution in [1.82, 2.24) is 15.1 Å². The first-order chi connectivity index (χ1) is 13.5. The summed E-state index contributed by atoms with van der Waals surface area (Å²) in [5.74, 6) is 0.136. The Hall–Kier alpha value is -1.95. The molecular weight excluding hydrogens is 357 g/mol. The van der Waals surface area contributed by atoms with E-state index in [1.165, 1.54) is 37.1 Å². The number of hydrogen-bond donors (Lipinski definition) is 1. The molecule has 1 saturated heterocycles. The average Bonchev–Trinajstić information content (AvgIpc) is 3.23. The summed E-state index contributed by atoms with van der Waals surface area (Å²) in [6.07, 6.45) is 5.52. The molecule has 0 aromatic heterocycles. The fourth-order valence-corrected chi connectivity index (χ4v) is 4.36. The van der Waals surface area contributed by atoms with E-state index < -0.39 is 0 Å². The Kier molecular flexibility index (Phi) is 7.05. The van der Waals surface area contributed by atoms with Crippen molar-refractivity contribution < 1.29 is 14.0 Å². The van der Waals surface area contributed by atoms with Gasteiger partial charge in [-0.2, -0.15) is 0 Å². The number of nitrogens with one attached hydrogen (secondary N) is 1. The Morgan fingerprint density at radius 2 is 1.71 bits per heavy atom. The fraction of sp³-hybridized carbons (Fsp3) is 0.636. The van der Waals surface area contributed by atoms with E-state index in [4.69, 9.17) is 0 Å². The van der Waals surface area contributed by atoms with Crippen LogP contribution >= 0.6 is 0 Å². The SMILES string of the molecule is CC[C@H](C)NC(=O)[C@@H](C1CCCC1)N1CCN(C(=O)c2ccc(F)cc2)CC1. The Bertz CT molecular complexity index is 665. The van der Waals surface area contributed by atoms with Gasteiger partial charge in [0.15, 0.2) is 0 Å². The number of carbonyl (C=O) groups is 2. The highest BCUT2D eigenvalue weighted by Gasteiger charge is 2.37. The molecule has 0 bridgehead atoms. The Morgan fingerprint density at radius 3 is 2.29 bits per heavy atom. The van der Waals surface area contributed by atoms with Gasteiger partial charge >= 0.3 is 0 Å². The van der Waals surface area contributed by atoms with Crippen LogP contribution in [0.4, 0.5) is 4.39 Å². The van der Waals surface area contributed by atoms with E-state index in [2.05, 4.69) is 17.1 Å². The highest BCUT2D eigenvalue weighted by atomic mass is 19.1. The van der Waals surface area contributed by atoms with E-state index in [0.717, 1.165) is 19.3 Å². The molecule has 1 N–H and O–H groups in total. The number of carbonyl (C=O) groups excluding carboxylic acids is 2. The summed E-state index contributed by atoms with van der Waals surface area (Å²) in [5.41, 5.74) is 0.511. The summed E-state index contributed by atoms with van der Waals surface area (Å²) in [4.78, 5) is 29.7. The van der Waals surface area contributed by atoms with Crippen molar-refractivity contribution in [3.05, 3.63) is 35.6 Å². The quantitative estimate of drug-likeness (QED) is 0.814. The lowest BCUT2D eigenvalue weighted by atomic mass is 9.94. The van der Waals surface area contributed by atoms with Gasteiger partial charge in [-0.25, -0.2) is 4.39 Å². The minimum absolute atomic E-state index is 0.0684. The predicted octanol–water partition coefficient (Wildman–Crippen LogP) is 3.06. The predicted molar refractivity (Wildman–Crippen MR) is 108 cm³/mol. The third-order valence-electron chi connectivity index (χ3n) is 6.20. The minimum atomic E-state index is -0.340. The van der Waals surface area contributed by atoms with Crippen LogP contribution in [0.25, 0.3) is 0 Å². The zero-order valence-corrected chi connectivity index (χ0v) is 17.0. The molecule has 6 heteroatoms. The molecule has 1 saturated carbocycles. The number of amides is 2. The average molecular weight is 390 g/mol. The summed E-state index contributed by atoms with van der Waals surface area (Å²) in [7, 11) is 0. The molecule has 1 aromatic carbocycles. The molecule has 154 valence electrons. The summed E-state index contributed by atoms with van der Waals surface area (Å²) in [6, 6.07) is 5.78. The lowest BCUT2D eigenvalue weighted by Gasteiger charge is -2.41. The molecule has 2 fully saturated rings. The number of rotatable bonds is 6. The molecule has 0 unspecified atom stereocenters. The number of benzene rings is 1. The second kappa shape index (κ2) is 9.50. The van der Waals surface area contributed by atoms with Gasteiger partial charge in [-0.3, -0.25) is 14.5 Å². The van der Waals surface area contributed by atoms with Crippen LogP contribution in [-0.4, -0.2) is 59.9 Å². The maximum absolute atomic E-state index is 13.1. The highest BCUT2D eigenvalue weighted by Crippen LogP contribution is 2.31. The Morgan fingerprint density at radius 1 is 1.11 bits per heavy atom. The van der Waals surface area contributed by atoms with Crippen molar-refractivity contribution in [3.63, 3.8) is 0 Å². The van der Waals surface area contributed by atoms with Crippen molar-refractivity contribution in [3.8, 4) is 0 Å². The molecule has 5 nitrogen and oxygen atoms in total. The maximum Gasteiger partial charge on any atom is 0.253 e. The second-order valence-electron chi connectivity index (χ2n) is 8.14. The van der Waals surface area contributed by atoms with Crippen LogP contribution in [0.15, 0.2) is 24.3 Å². The fourth-order valence-electron chi connectivity index (χ4n) is 4.36. The molecule has 1 aliphatic heterocycles. The van der Waals surface area contributed by atoms with Gasteiger partial charge in [0.05, 0.1) is 6.04 Å². The van der Waals surface area contributed by atoms with Crippen molar-refractivity contribution in [1.29, 1.82) is 0 Å². The third-order valence-corrected chi connectivity index (χ3v) is 6.20. The molecule has 28 heavy (non-hydrogen) atoms. The first-order valence-corrected chi connectivity index (χ1v) is 10.6. The van der Waals surface area contributed by atoms with Gasteiger partial charge in [0, 0.05) is 37.8 Å². The first kappa shape index (κ1) is 20.8. The molecular formula is C22H32FN3O2. The molecule has 2 aliphatic rings. The summed E-state index contributed by atoms with van der Waals surface area (Å²) >= 11 is 0. The van der Waals surface area contributed by atoms with Crippen LogP contribution in [0.5, 0.6) is 0 Å². The van der Waals surface area contributed by atoms with Crippen LogP contribution in [0.3, 0.4) is 0 Å². The van der Waals surface area contributed by atoms with Gasteiger partial charge < -0.3 is 10.2 Å². The van der Waals surface area contributed by atoms with Crippen LogP contribution in [0, 0.1) is 11.7 Å². The minimum Gasteiger partial charge on any atom is -0.352 e. The lowest BCUT2D eigenvalue weighted by molar-refractivity contribution is -0.129. The first-order valence-electron chi connectivity index (χ1n) is 10.6. The summed E-state index contributed by atoms with van der Waals surface area (Å²) in [6.45, 7) is 6.70. The molecule has 3 rings (SSSR count). The lowest BCUT2D eigenvalue weighted by Crippen LogP contribution is -2.58. The van der Waals surface area contributed by atoms with E-state index >= 15 is 0 Å². The highest BCUT2D eigenvalue weighted by molar-refractivity contribution is 5.94. The van der Waals surface area contributed by atoms with E-state index in [1.807, 2.05) is 11.8 Å². The second-order valence-corrected chi connectivity index (χ2v) is 8.14. The summed E-state index contributed by atoms with van der Waals surface area (Å²) in [5, 5.41) is 3.17. The van der Waals surface area contributed by atoms with Gasteiger partial charge in [0.2, 0.25) is 5.91 Å². The molecule has 2 atom stereocenters. The van der Waals surface area contributed by atoms with Crippen molar-refractivity contribution >= 4 is 11.8 Å². The van der Waals surface area contributed by atoms with Gasteiger partial charge in [-0.15, -0.1) is 0 Å². The van der Waals surface area contributed by atoms with Crippen molar-refractivity contribution in [2.75, 3.05) is 26.2 Å². The van der Waals surface area contributed by atoms with Gasteiger partial charge in [-0.1, -0.05) is 19.8 Å². The number of nitrogens with zero attached hydrogens (tertiary/aromatic N) is 2. The molecule has 2 amide bonds. The van der Waals surface area contributed by atoms with E-state index in [9.17, 15) is 14.0 Å². The largest absolute Gasteiger partial charge is 0.352 e. The zero-order valence-electron chi connectivity index (χ0n) is 17.0. The summed E-state index contributed by atoms with van der Waals surface area (Å²) < 4.78 is 13.1. The maximum atomic E-state index is 13.1. The molecule has 0 spiro atoms. The van der Waals surface area contributed by atoms with Crippen LogP contribution in [-0.2, 0) is 4.79 Å². The Balaban J connectivity index is 1.63. The van der Waals surface area contributed by atoms with Crippen molar-refractivity contribution in [2.24, 2.45) is 5.92 Å². The van der Waals surface area contributed by atoms with Crippen LogP contribution in [0.1, 0.15) is 56.3 Å². The standard InChI is InChI=1S/C22H32FN3O2/c1-3-16(2)24-21(27)20(17-6-4-5-7-17)25-12-14-26(15-13-25)22(28)18-8-10-19(23)11-9-18/h8-11,16-17,20H,3-7,12-15H2,1-2H3,(H,24,27)/t16-,20+/m0/s1. The van der Waals surface area contributed by atoms with Crippen LogP contribution < -0.4 is 5.32 Å². The van der Waals surface area contributed by atoms with Gasteiger partial charge in [0.25, 0.3) is 5.91 Å². The number of piperazine rings is 1. The molecule has 1 aliphatic carbocycles. The number of hydrogen-bond acceptors (Lipinski definition) is 3. The van der Waals surface area contributed by atoms with Crippen LogP contribution in [0.2, 0.25) is 0 Å². The Labute approximate surface area is 167 Å². The van der Waals surface area contributed by atoms with E-state index in [1.54, 1.807) is 0 Å². The normalized spacial score (nSPS) is 20.8. The van der Waals surface area contributed by atoms with E-state index in [0.29, 0.717) is 37.7 Å². The topological polar surface area (TPSA) is 52.7 Å². The third kappa shape index (κ3) is 4.90. The monoisotopic (exact) mass is 389 g/mol. The molecule has 0 radical (unpaired) electrons. The number of halogens is 1. The molecule has 1 heterocycles. The van der Waals surface area contributed by atoms with E-state index in [-0.39, 0.29) is 29.7 Å².